The molecule has 24 heavy (non-hydrogen) atoms. The molecule has 2 unspecified atom stereocenters. The Balaban J connectivity index is 1.60. The van der Waals surface area contributed by atoms with Crippen LogP contribution in [-0.2, 0) is 25.5 Å². The lowest BCUT2D eigenvalue weighted by atomic mass is 9.89. The number of rotatable bonds is 4. The van der Waals surface area contributed by atoms with Gasteiger partial charge in [0.1, 0.15) is 0 Å². The van der Waals surface area contributed by atoms with Crippen molar-refractivity contribution in [3.8, 4) is 0 Å². The number of nitrogens with zero attached hydrogens (tertiary/aromatic N) is 1. The van der Waals surface area contributed by atoms with Crippen molar-refractivity contribution < 1.29 is 24.2 Å². The first-order chi connectivity index (χ1) is 11.6. The minimum absolute atomic E-state index is 0.0123. The van der Waals surface area contributed by atoms with Crippen LogP contribution in [-0.4, -0.2) is 53.6 Å². The number of anilines is 1. The number of carbonyl (C=O) groups excluding carboxylic acids is 2. The Hall–Kier alpha value is -2.41. The van der Waals surface area contributed by atoms with E-state index in [9.17, 15) is 19.5 Å². The van der Waals surface area contributed by atoms with Gasteiger partial charge in [0.2, 0.25) is 11.8 Å². The van der Waals surface area contributed by atoms with Crippen molar-refractivity contribution >= 4 is 23.5 Å². The summed E-state index contributed by atoms with van der Waals surface area (Å²) in [5, 5.41) is 12.1. The monoisotopic (exact) mass is 332 g/mol. The Morgan fingerprint density at radius 3 is 2.92 bits per heavy atom. The molecule has 2 amide bonds. The van der Waals surface area contributed by atoms with Gasteiger partial charge < -0.3 is 20.1 Å². The number of carbonyl (C=O) groups is 3. The smallest absolute Gasteiger partial charge is 0.328 e. The van der Waals surface area contributed by atoms with Gasteiger partial charge in [0, 0.05) is 24.6 Å². The minimum atomic E-state index is -1.06. The average Bonchev–Trinajstić information content (AvgIpc) is 2.59. The number of ether oxygens (including phenoxy) is 1. The van der Waals surface area contributed by atoms with E-state index in [0.29, 0.717) is 19.4 Å². The lowest BCUT2D eigenvalue weighted by molar-refractivity contribution is -0.158. The molecular formula is C17H20N2O5. The Kier molecular flexibility index (Phi) is 4.80. The summed E-state index contributed by atoms with van der Waals surface area (Å²) >= 11 is 0. The third kappa shape index (κ3) is 3.41. The quantitative estimate of drug-likeness (QED) is 0.854. The van der Waals surface area contributed by atoms with Gasteiger partial charge in [-0.25, -0.2) is 4.79 Å². The number of morpholine rings is 1. The van der Waals surface area contributed by atoms with Crippen molar-refractivity contribution in [1.29, 1.82) is 0 Å². The van der Waals surface area contributed by atoms with Gasteiger partial charge in [-0.15, -0.1) is 0 Å². The molecule has 128 valence electrons. The highest BCUT2D eigenvalue weighted by atomic mass is 16.5. The van der Waals surface area contributed by atoms with Gasteiger partial charge in [-0.05, 0) is 24.5 Å². The molecule has 2 N–H and O–H groups in total. The first-order valence-electron chi connectivity index (χ1n) is 8.05. The number of para-hydroxylation sites is 1. The molecule has 2 aliphatic heterocycles. The van der Waals surface area contributed by atoms with Crippen LogP contribution in [0.3, 0.4) is 0 Å². The number of amides is 2. The molecule has 1 aromatic carbocycles. The lowest BCUT2D eigenvalue weighted by Crippen LogP contribution is -2.52. The second-order valence-corrected chi connectivity index (χ2v) is 6.10. The molecule has 0 saturated carbocycles. The summed E-state index contributed by atoms with van der Waals surface area (Å²) in [5.41, 5.74) is 1.88. The predicted octanol–water partition coefficient (Wildman–Crippen LogP) is 0.890. The van der Waals surface area contributed by atoms with Crippen LogP contribution in [0.4, 0.5) is 5.69 Å². The number of carboxylic acids is 1. The van der Waals surface area contributed by atoms with Crippen LogP contribution in [0.1, 0.15) is 18.4 Å². The zero-order valence-corrected chi connectivity index (χ0v) is 13.2. The molecule has 2 heterocycles. The zero-order valence-electron chi connectivity index (χ0n) is 13.2. The molecule has 0 aliphatic carbocycles. The van der Waals surface area contributed by atoms with Crippen LogP contribution in [0.15, 0.2) is 24.3 Å². The van der Waals surface area contributed by atoms with Crippen molar-refractivity contribution in [2.24, 2.45) is 5.92 Å². The maximum atomic E-state index is 12.4. The summed E-state index contributed by atoms with van der Waals surface area (Å²) in [6.07, 6.45) is 1.16. The number of aliphatic carboxylic acids is 1. The summed E-state index contributed by atoms with van der Waals surface area (Å²) in [4.78, 5) is 37.1. The molecule has 1 aromatic rings. The standard InChI is InChI=1S/C17H20N2O5/c20-15(19-7-8-24-10-14(19)17(22)23)6-5-12-9-11-3-1-2-4-13(11)18-16(12)21/h1-4,12,14H,5-10H2,(H,18,21)(H,22,23). The topological polar surface area (TPSA) is 95.9 Å². The summed E-state index contributed by atoms with van der Waals surface area (Å²) in [5.74, 6) is -1.66. The maximum absolute atomic E-state index is 12.4. The van der Waals surface area contributed by atoms with Crippen LogP contribution in [0.25, 0.3) is 0 Å². The zero-order chi connectivity index (χ0) is 17.1. The van der Waals surface area contributed by atoms with Crippen LogP contribution >= 0.6 is 0 Å². The molecule has 1 fully saturated rings. The predicted molar refractivity (Wildman–Crippen MR) is 85.5 cm³/mol. The molecule has 0 spiro atoms. The summed E-state index contributed by atoms with van der Waals surface area (Å²) in [7, 11) is 0. The number of carboxylic acid groups (broad SMARTS) is 1. The molecule has 0 radical (unpaired) electrons. The van der Waals surface area contributed by atoms with Crippen LogP contribution < -0.4 is 5.32 Å². The van der Waals surface area contributed by atoms with E-state index in [1.54, 1.807) is 0 Å². The number of fused-ring (bicyclic) bond motifs is 1. The van der Waals surface area contributed by atoms with Crippen LogP contribution in [0.2, 0.25) is 0 Å². The van der Waals surface area contributed by atoms with E-state index in [2.05, 4.69) is 5.32 Å². The maximum Gasteiger partial charge on any atom is 0.328 e. The number of nitrogens with one attached hydrogen (secondary N) is 1. The first-order valence-corrected chi connectivity index (χ1v) is 8.05. The molecule has 0 aromatic heterocycles. The van der Waals surface area contributed by atoms with Gasteiger partial charge in [-0.2, -0.15) is 0 Å². The Morgan fingerprint density at radius 1 is 1.33 bits per heavy atom. The fourth-order valence-electron chi connectivity index (χ4n) is 3.19. The van der Waals surface area contributed by atoms with Gasteiger partial charge in [0.25, 0.3) is 0 Å². The van der Waals surface area contributed by atoms with Gasteiger partial charge >= 0.3 is 5.97 Å². The van der Waals surface area contributed by atoms with Crippen LogP contribution in [0, 0.1) is 5.92 Å². The largest absolute Gasteiger partial charge is 0.480 e. The van der Waals surface area contributed by atoms with Gasteiger partial charge in [-0.1, -0.05) is 18.2 Å². The molecule has 0 bridgehead atoms. The summed E-state index contributed by atoms with van der Waals surface area (Å²) in [6, 6.07) is 6.68. The Labute approximate surface area is 139 Å². The van der Waals surface area contributed by atoms with E-state index in [1.165, 1.54) is 4.90 Å². The van der Waals surface area contributed by atoms with E-state index in [0.717, 1.165) is 11.3 Å². The van der Waals surface area contributed by atoms with E-state index in [-0.39, 0.29) is 37.3 Å². The molecule has 2 aliphatic rings. The van der Waals surface area contributed by atoms with Crippen molar-refractivity contribution in [3.63, 3.8) is 0 Å². The Bertz CT molecular complexity index is 660. The third-order valence-corrected chi connectivity index (χ3v) is 4.55. The summed E-state index contributed by atoms with van der Waals surface area (Å²) < 4.78 is 5.14. The highest BCUT2D eigenvalue weighted by Crippen LogP contribution is 2.27. The third-order valence-electron chi connectivity index (χ3n) is 4.55. The van der Waals surface area contributed by atoms with Crippen LogP contribution in [0.5, 0.6) is 0 Å². The minimum Gasteiger partial charge on any atom is -0.480 e. The fraction of sp³-hybridized carbons (Fsp3) is 0.471. The van der Waals surface area contributed by atoms with E-state index < -0.39 is 12.0 Å². The normalized spacial score (nSPS) is 23.3. The molecule has 3 rings (SSSR count). The van der Waals surface area contributed by atoms with Crippen molar-refractivity contribution in [1.82, 2.24) is 4.90 Å². The second-order valence-electron chi connectivity index (χ2n) is 6.10. The van der Waals surface area contributed by atoms with Crippen molar-refractivity contribution in [2.75, 3.05) is 25.1 Å². The summed E-state index contributed by atoms with van der Waals surface area (Å²) in [6.45, 7) is 0.626. The molecule has 7 heteroatoms. The van der Waals surface area contributed by atoms with E-state index in [4.69, 9.17) is 4.74 Å². The SMILES string of the molecule is O=C1Nc2ccccc2CC1CCC(=O)N1CCOCC1C(=O)O. The average molecular weight is 332 g/mol. The van der Waals surface area contributed by atoms with Gasteiger partial charge in [0.15, 0.2) is 6.04 Å². The van der Waals surface area contributed by atoms with Crippen molar-refractivity contribution in [3.05, 3.63) is 29.8 Å². The van der Waals surface area contributed by atoms with Crippen molar-refractivity contribution in [2.45, 2.75) is 25.3 Å². The first kappa shape index (κ1) is 16.4. The molecule has 2 atom stereocenters. The second kappa shape index (κ2) is 7.00. The van der Waals surface area contributed by atoms with E-state index >= 15 is 0 Å². The fourth-order valence-corrected chi connectivity index (χ4v) is 3.19. The highest BCUT2D eigenvalue weighted by Gasteiger charge is 2.33. The number of hydrogen-bond acceptors (Lipinski definition) is 4. The Morgan fingerprint density at radius 2 is 2.12 bits per heavy atom. The van der Waals surface area contributed by atoms with Gasteiger partial charge in [-0.3, -0.25) is 9.59 Å². The molecular weight excluding hydrogens is 312 g/mol. The number of hydrogen-bond donors (Lipinski definition) is 2. The number of benzene rings is 1. The lowest BCUT2D eigenvalue weighted by Gasteiger charge is -2.33. The van der Waals surface area contributed by atoms with E-state index in [1.807, 2.05) is 24.3 Å². The molecule has 1 saturated heterocycles. The van der Waals surface area contributed by atoms with Gasteiger partial charge in [0.05, 0.1) is 13.2 Å². The highest BCUT2D eigenvalue weighted by molar-refractivity contribution is 5.96. The molecule has 7 nitrogen and oxygen atoms in total.